The Hall–Kier alpha value is -0.820. The first-order chi connectivity index (χ1) is 6.97. The van der Waals surface area contributed by atoms with Gasteiger partial charge >= 0.3 is 0 Å². The second-order valence-electron chi connectivity index (χ2n) is 4.66. The molecular weight excluding hydrogens is 182 g/mol. The summed E-state index contributed by atoms with van der Waals surface area (Å²) in [6, 6.07) is 8.57. The fraction of sp³-hybridized carbons (Fsp3) is 0.571. The molecular formula is C14H25N. The van der Waals surface area contributed by atoms with Crippen LogP contribution in [-0.4, -0.2) is 6.54 Å². The average molecular weight is 207 g/mol. The highest BCUT2D eigenvalue weighted by Gasteiger charge is 2.17. The molecule has 0 saturated carbocycles. The Morgan fingerprint density at radius 1 is 1.07 bits per heavy atom. The van der Waals surface area contributed by atoms with Crippen molar-refractivity contribution in [2.45, 2.75) is 46.5 Å². The minimum absolute atomic E-state index is 0.105. The molecule has 1 heteroatoms. The van der Waals surface area contributed by atoms with E-state index < -0.39 is 0 Å². The first kappa shape index (κ1) is 14.2. The van der Waals surface area contributed by atoms with E-state index >= 15 is 0 Å². The molecule has 0 bridgehead atoms. The molecule has 1 rings (SSSR count). The zero-order chi connectivity index (χ0) is 11.9. The number of benzene rings is 1. The van der Waals surface area contributed by atoms with Crippen LogP contribution in [0.4, 0.5) is 0 Å². The largest absolute Gasteiger partial charge is 0.330 e. The van der Waals surface area contributed by atoms with Crippen molar-refractivity contribution < 1.29 is 0 Å². The van der Waals surface area contributed by atoms with E-state index in [1.807, 2.05) is 0 Å². The zero-order valence-electron chi connectivity index (χ0n) is 10.8. The third-order valence-corrected chi connectivity index (χ3v) is 2.34. The Morgan fingerprint density at radius 3 is 1.80 bits per heavy atom. The molecule has 0 fully saturated rings. The summed E-state index contributed by atoms with van der Waals surface area (Å²) in [5.41, 5.74) is 8.39. The minimum Gasteiger partial charge on any atom is -0.330 e. The van der Waals surface area contributed by atoms with E-state index in [2.05, 4.69) is 58.9 Å². The molecule has 0 aliphatic rings. The fourth-order valence-corrected chi connectivity index (χ4v) is 1.12. The fourth-order valence-electron chi connectivity index (χ4n) is 1.12. The van der Waals surface area contributed by atoms with Gasteiger partial charge in [-0.3, -0.25) is 0 Å². The Labute approximate surface area is 94.7 Å². The lowest BCUT2D eigenvalue weighted by Crippen LogP contribution is -2.27. The third-order valence-electron chi connectivity index (χ3n) is 2.34. The van der Waals surface area contributed by atoms with E-state index in [9.17, 15) is 0 Å². The lowest BCUT2D eigenvalue weighted by Gasteiger charge is -2.22. The van der Waals surface area contributed by atoms with Gasteiger partial charge in [-0.2, -0.15) is 0 Å². The first-order valence-corrected chi connectivity index (χ1v) is 5.75. The van der Waals surface area contributed by atoms with E-state index in [-0.39, 0.29) is 5.41 Å². The third kappa shape index (κ3) is 4.98. The second kappa shape index (κ2) is 6.62. The maximum absolute atomic E-state index is 5.68. The maximum atomic E-state index is 5.68. The van der Waals surface area contributed by atoms with Crippen molar-refractivity contribution in [1.82, 2.24) is 0 Å². The maximum Gasteiger partial charge on any atom is 0.00190 e. The summed E-state index contributed by atoms with van der Waals surface area (Å²) >= 11 is 0. The first-order valence-electron chi connectivity index (χ1n) is 5.75. The quantitative estimate of drug-likeness (QED) is 0.787. The predicted octanol–water partition coefficient (Wildman–Crippen LogP) is 3.65. The zero-order valence-corrected chi connectivity index (χ0v) is 10.8. The van der Waals surface area contributed by atoms with Crippen LogP contribution in [0, 0.1) is 6.92 Å². The van der Waals surface area contributed by atoms with E-state index in [4.69, 9.17) is 5.73 Å². The average Bonchev–Trinajstić information content (AvgIpc) is 2.20. The second-order valence-corrected chi connectivity index (χ2v) is 4.66. The van der Waals surface area contributed by atoms with Crippen LogP contribution in [0.1, 0.15) is 45.2 Å². The molecule has 0 aromatic heterocycles. The summed E-state index contributed by atoms with van der Waals surface area (Å²) in [6.07, 6.45) is 1.25. The van der Waals surface area contributed by atoms with Crippen molar-refractivity contribution in [2.75, 3.05) is 6.54 Å². The summed E-state index contributed by atoms with van der Waals surface area (Å²) in [5, 5.41) is 0. The smallest absolute Gasteiger partial charge is 0.00190 e. The van der Waals surface area contributed by atoms with E-state index in [1.54, 1.807) is 0 Å². The Kier molecular flexibility index (Phi) is 6.26. The molecule has 0 aliphatic heterocycles. The van der Waals surface area contributed by atoms with Crippen molar-refractivity contribution in [3.05, 3.63) is 35.4 Å². The van der Waals surface area contributed by atoms with Crippen LogP contribution in [-0.2, 0) is 5.41 Å². The molecule has 0 saturated heterocycles. The highest BCUT2D eigenvalue weighted by Crippen LogP contribution is 2.21. The minimum atomic E-state index is 0.105. The molecule has 15 heavy (non-hydrogen) atoms. The number of nitrogens with two attached hydrogens (primary N) is 1. The van der Waals surface area contributed by atoms with Gasteiger partial charge in [0.25, 0.3) is 0 Å². The standard InChI is InChI=1S/C11H17N.C3H8/c1-9-4-6-10(7-5-9)11(2,3)8-12;1-3-2/h4-7H,8,12H2,1-3H3;3H2,1-2H3. The van der Waals surface area contributed by atoms with E-state index in [1.165, 1.54) is 17.5 Å². The van der Waals surface area contributed by atoms with E-state index in [0.29, 0.717) is 6.54 Å². The Morgan fingerprint density at radius 2 is 1.47 bits per heavy atom. The molecule has 0 spiro atoms. The van der Waals surface area contributed by atoms with Crippen LogP contribution in [0.3, 0.4) is 0 Å². The molecule has 0 radical (unpaired) electrons. The molecule has 0 amide bonds. The molecule has 1 aromatic rings. The summed E-state index contributed by atoms with van der Waals surface area (Å²) in [6.45, 7) is 11.4. The monoisotopic (exact) mass is 207 g/mol. The van der Waals surface area contributed by atoms with Gasteiger partial charge in [0, 0.05) is 12.0 Å². The van der Waals surface area contributed by atoms with Crippen molar-refractivity contribution in [1.29, 1.82) is 0 Å². The van der Waals surface area contributed by atoms with Gasteiger partial charge in [-0.15, -0.1) is 0 Å². The molecule has 1 nitrogen and oxygen atoms in total. The SMILES string of the molecule is CCC.Cc1ccc(C(C)(C)CN)cc1. The molecule has 0 atom stereocenters. The summed E-state index contributed by atoms with van der Waals surface area (Å²) in [5.74, 6) is 0. The number of rotatable bonds is 2. The van der Waals surface area contributed by atoms with Crippen LogP contribution >= 0.6 is 0 Å². The lowest BCUT2D eigenvalue weighted by molar-refractivity contribution is 0.539. The molecule has 2 N–H and O–H groups in total. The van der Waals surface area contributed by atoms with Gasteiger partial charge in [0.05, 0.1) is 0 Å². The van der Waals surface area contributed by atoms with Crippen LogP contribution < -0.4 is 5.73 Å². The predicted molar refractivity (Wildman–Crippen MR) is 69.2 cm³/mol. The summed E-state index contributed by atoms with van der Waals surface area (Å²) < 4.78 is 0. The number of hydrogen-bond acceptors (Lipinski definition) is 1. The lowest BCUT2D eigenvalue weighted by atomic mass is 9.84. The van der Waals surface area contributed by atoms with Gasteiger partial charge in [-0.1, -0.05) is 63.9 Å². The Balaban J connectivity index is 0.000000583. The van der Waals surface area contributed by atoms with Crippen LogP contribution in [0.2, 0.25) is 0 Å². The number of aryl methyl sites for hydroxylation is 1. The van der Waals surface area contributed by atoms with Gasteiger partial charge in [-0.25, -0.2) is 0 Å². The van der Waals surface area contributed by atoms with Gasteiger partial charge in [0.2, 0.25) is 0 Å². The van der Waals surface area contributed by atoms with Gasteiger partial charge in [-0.05, 0) is 12.5 Å². The molecule has 1 aromatic carbocycles. The normalized spacial score (nSPS) is 10.5. The molecule has 0 unspecified atom stereocenters. The van der Waals surface area contributed by atoms with Crippen molar-refractivity contribution in [2.24, 2.45) is 5.73 Å². The molecule has 0 aliphatic carbocycles. The van der Waals surface area contributed by atoms with Gasteiger partial charge < -0.3 is 5.73 Å². The van der Waals surface area contributed by atoms with Crippen LogP contribution in [0.5, 0.6) is 0 Å². The van der Waals surface area contributed by atoms with Crippen molar-refractivity contribution in [3.8, 4) is 0 Å². The molecule has 0 heterocycles. The van der Waals surface area contributed by atoms with Crippen molar-refractivity contribution >= 4 is 0 Å². The van der Waals surface area contributed by atoms with Crippen molar-refractivity contribution in [3.63, 3.8) is 0 Å². The van der Waals surface area contributed by atoms with Gasteiger partial charge in [0.15, 0.2) is 0 Å². The highest BCUT2D eigenvalue weighted by molar-refractivity contribution is 5.27. The topological polar surface area (TPSA) is 26.0 Å². The highest BCUT2D eigenvalue weighted by atomic mass is 14.6. The van der Waals surface area contributed by atoms with Crippen LogP contribution in [0.15, 0.2) is 24.3 Å². The summed E-state index contributed by atoms with van der Waals surface area (Å²) in [7, 11) is 0. The number of hydrogen-bond donors (Lipinski definition) is 1. The molecule has 86 valence electrons. The Bertz CT molecular complexity index is 259. The van der Waals surface area contributed by atoms with Crippen LogP contribution in [0.25, 0.3) is 0 Å². The summed E-state index contributed by atoms with van der Waals surface area (Å²) in [4.78, 5) is 0. The van der Waals surface area contributed by atoms with E-state index in [0.717, 1.165) is 0 Å². The van der Waals surface area contributed by atoms with Gasteiger partial charge in [0.1, 0.15) is 0 Å².